The molecule has 0 aromatic carbocycles. The Balaban J connectivity index is 5.46. The molecule has 6 atom stereocenters. The Morgan fingerprint density at radius 1 is 0.939 bits per heavy atom. The van der Waals surface area contributed by atoms with E-state index in [0.717, 1.165) is 0 Å². The summed E-state index contributed by atoms with van der Waals surface area (Å²) in [5, 5.41) is 26.7. The molecule has 0 aliphatic heterocycles. The summed E-state index contributed by atoms with van der Waals surface area (Å²) in [5.41, 5.74) is 11.1. The zero-order valence-electron chi connectivity index (χ0n) is 20.0. The van der Waals surface area contributed by atoms with Crippen molar-refractivity contribution in [1.82, 2.24) is 16.0 Å². The minimum atomic E-state index is -1.20. The number of aliphatic hydroxyl groups is 1. The second kappa shape index (κ2) is 16.7. The number of nitrogens with two attached hydrogens (primary N) is 2. The van der Waals surface area contributed by atoms with Crippen LogP contribution in [-0.4, -0.2) is 82.7 Å². The molecule has 0 rings (SSSR count). The molecule has 0 saturated carbocycles. The van der Waals surface area contributed by atoms with Crippen LogP contribution in [0.25, 0.3) is 0 Å². The third kappa shape index (κ3) is 11.7. The molecule has 0 radical (unpaired) electrons. The van der Waals surface area contributed by atoms with E-state index in [1.54, 1.807) is 6.92 Å². The molecule has 0 aliphatic rings. The van der Waals surface area contributed by atoms with Crippen LogP contribution in [0.4, 0.5) is 0 Å². The highest BCUT2D eigenvalue weighted by molar-refractivity contribution is 7.98. The van der Waals surface area contributed by atoms with E-state index in [0.29, 0.717) is 31.6 Å². The van der Waals surface area contributed by atoms with Gasteiger partial charge in [0.25, 0.3) is 0 Å². The molecule has 0 spiro atoms. The van der Waals surface area contributed by atoms with E-state index < -0.39 is 54.0 Å². The number of hydrogen-bond acceptors (Lipinski definition) is 8. The highest BCUT2D eigenvalue weighted by atomic mass is 32.2. The molecule has 9 N–H and O–H groups in total. The Morgan fingerprint density at radius 3 is 2.03 bits per heavy atom. The molecule has 33 heavy (non-hydrogen) atoms. The maximum absolute atomic E-state index is 13.0. The van der Waals surface area contributed by atoms with Crippen molar-refractivity contribution in [1.29, 1.82) is 0 Å². The SMILES string of the molecule is CCC(C)C(NC(=O)C(CCSC)NC(=O)C(N)C(C)O)C(=O)NC(CCCCN)C(=O)O. The van der Waals surface area contributed by atoms with Crippen LogP contribution in [0.5, 0.6) is 0 Å². The fourth-order valence-corrected chi connectivity index (χ4v) is 3.43. The van der Waals surface area contributed by atoms with Gasteiger partial charge in [0.15, 0.2) is 0 Å². The van der Waals surface area contributed by atoms with Crippen molar-refractivity contribution < 1.29 is 29.4 Å². The molecule has 11 nitrogen and oxygen atoms in total. The molecule has 192 valence electrons. The number of aliphatic carboxylic acids is 1. The number of carbonyl (C=O) groups is 4. The lowest BCUT2D eigenvalue weighted by Gasteiger charge is -2.28. The summed E-state index contributed by atoms with van der Waals surface area (Å²) in [6.07, 6.45) is 3.00. The summed E-state index contributed by atoms with van der Waals surface area (Å²) in [4.78, 5) is 49.8. The number of rotatable bonds is 17. The van der Waals surface area contributed by atoms with Crippen LogP contribution in [0.2, 0.25) is 0 Å². The lowest BCUT2D eigenvalue weighted by atomic mass is 9.97. The average molecular weight is 492 g/mol. The van der Waals surface area contributed by atoms with E-state index in [2.05, 4.69) is 16.0 Å². The first-order valence-electron chi connectivity index (χ1n) is 11.3. The van der Waals surface area contributed by atoms with E-state index in [4.69, 9.17) is 11.5 Å². The number of thioether (sulfide) groups is 1. The Labute approximate surface area is 200 Å². The zero-order chi connectivity index (χ0) is 25.6. The fourth-order valence-electron chi connectivity index (χ4n) is 2.96. The summed E-state index contributed by atoms with van der Waals surface area (Å²) in [6, 6.07) is -4.25. The van der Waals surface area contributed by atoms with Gasteiger partial charge in [-0.05, 0) is 57.1 Å². The van der Waals surface area contributed by atoms with Gasteiger partial charge in [-0.15, -0.1) is 0 Å². The molecule has 0 aliphatic carbocycles. The van der Waals surface area contributed by atoms with Gasteiger partial charge in [0.2, 0.25) is 17.7 Å². The molecule has 12 heteroatoms. The maximum atomic E-state index is 13.0. The lowest BCUT2D eigenvalue weighted by Crippen LogP contribution is -2.59. The molecule has 6 unspecified atom stereocenters. The average Bonchev–Trinajstić information content (AvgIpc) is 2.77. The molecule has 0 saturated heterocycles. The van der Waals surface area contributed by atoms with Gasteiger partial charge >= 0.3 is 5.97 Å². The van der Waals surface area contributed by atoms with Gasteiger partial charge in [0.05, 0.1) is 6.10 Å². The van der Waals surface area contributed by atoms with Crippen molar-refractivity contribution in [2.75, 3.05) is 18.6 Å². The number of amides is 3. The van der Waals surface area contributed by atoms with E-state index in [9.17, 15) is 29.4 Å². The largest absolute Gasteiger partial charge is 0.480 e. The minimum absolute atomic E-state index is 0.225. The van der Waals surface area contributed by atoms with Gasteiger partial charge in [-0.3, -0.25) is 14.4 Å². The predicted molar refractivity (Wildman–Crippen MR) is 128 cm³/mol. The number of aliphatic hydroxyl groups excluding tert-OH is 1. The second-order valence-corrected chi connectivity index (χ2v) is 9.15. The fraction of sp³-hybridized carbons (Fsp3) is 0.810. The Hall–Kier alpha value is -1.89. The van der Waals surface area contributed by atoms with Gasteiger partial charge in [-0.25, -0.2) is 4.79 Å². The summed E-state index contributed by atoms with van der Waals surface area (Å²) in [7, 11) is 0. The van der Waals surface area contributed by atoms with Gasteiger partial charge < -0.3 is 37.6 Å². The number of unbranched alkanes of at least 4 members (excludes halogenated alkanes) is 1. The van der Waals surface area contributed by atoms with Crippen molar-refractivity contribution >= 4 is 35.5 Å². The standard InChI is InChI=1S/C21H41N5O6S/c1-5-12(2)17(20(30)25-15(21(31)32)8-6-7-10-22)26-18(28)14(9-11-33-4)24-19(29)16(23)13(3)27/h12-17,27H,5-11,22-23H2,1-4H3,(H,24,29)(H,25,30)(H,26,28)(H,31,32). The number of carboxylic acids is 1. The molecule has 0 aromatic heterocycles. The van der Waals surface area contributed by atoms with Gasteiger partial charge in [0.1, 0.15) is 24.2 Å². The Morgan fingerprint density at radius 2 is 1.55 bits per heavy atom. The van der Waals surface area contributed by atoms with Crippen molar-refractivity contribution in [2.45, 2.75) is 83.1 Å². The Bertz CT molecular complexity index is 636. The lowest BCUT2D eigenvalue weighted by molar-refractivity contribution is -0.143. The van der Waals surface area contributed by atoms with Crippen LogP contribution in [0.15, 0.2) is 0 Å². The summed E-state index contributed by atoms with van der Waals surface area (Å²) < 4.78 is 0. The first-order valence-corrected chi connectivity index (χ1v) is 12.7. The van der Waals surface area contributed by atoms with Gasteiger partial charge in [-0.1, -0.05) is 20.3 Å². The van der Waals surface area contributed by atoms with Crippen LogP contribution in [0.3, 0.4) is 0 Å². The first-order chi connectivity index (χ1) is 15.5. The second-order valence-electron chi connectivity index (χ2n) is 8.16. The van der Waals surface area contributed by atoms with Crippen molar-refractivity contribution in [2.24, 2.45) is 17.4 Å². The molecular formula is C21H41N5O6S. The van der Waals surface area contributed by atoms with Crippen LogP contribution in [0.1, 0.15) is 52.9 Å². The number of carboxylic acid groups (broad SMARTS) is 1. The Kier molecular flexibility index (Phi) is 15.7. The third-order valence-electron chi connectivity index (χ3n) is 5.42. The summed E-state index contributed by atoms with van der Waals surface area (Å²) >= 11 is 1.48. The highest BCUT2D eigenvalue weighted by Gasteiger charge is 2.32. The summed E-state index contributed by atoms with van der Waals surface area (Å²) in [5.74, 6) is -2.75. The van der Waals surface area contributed by atoms with Crippen molar-refractivity contribution in [3.63, 3.8) is 0 Å². The smallest absolute Gasteiger partial charge is 0.326 e. The van der Waals surface area contributed by atoms with Gasteiger partial charge in [-0.2, -0.15) is 11.8 Å². The van der Waals surface area contributed by atoms with Crippen LogP contribution < -0.4 is 27.4 Å². The molecule has 0 aromatic rings. The van der Waals surface area contributed by atoms with E-state index in [1.807, 2.05) is 13.2 Å². The van der Waals surface area contributed by atoms with E-state index >= 15 is 0 Å². The van der Waals surface area contributed by atoms with E-state index in [1.165, 1.54) is 18.7 Å². The van der Waals surface area contributed by atoms with Crippen molar-refractivity contribution in [3.05, 3.63) is 0 Å². The molecule has 0 bridgehead atoms. The summed E-state index contributed by atoms with van der Waals surface area (Å²) in [6.45, 7) is 5.42. The number of hydrogen-bond donors (Lipinski definition) is 7. The number of nitrogens with one attached hydrogen (secondary N) is 3. The van der Waals surface area contributed by atoms with E-state index in [-0.39, 0.29) is 18.8 Å². The monoisotopic (exact) mass is 491 g/mol. The maximum Gasteiger partial charge on any atom is 0.326 e. The van der Waals surface area contributed by atoms with Gasteiger partial charge in [0, 0.05) is 0 Å². The van der Waals surface area contributed by atoms with Crippen LogP contribution in [0, 0.1) is 5.92 Å². The van der Waals surface area contributed by atoms with Crippen LogP contribution in [-0.2, 0) is 19.2 Å². The minimum Gasteiger partial charge on any atom is -0.480 e. The van der Waals surface area contributed by atoms with Crippen molar-refractivity contribution in [3.8, 4) is 0 Å². The molecule has 3 amide bonds. The molecule has 0 heterocycles. The normalized spacial score (nSPS) is 16.6. The topological polar surface area (TPSA) is 197 Å². The predicted octanol–water partition coefficient (Wildman–Crippen LogP) is -0.838. The quantitative estimate of drug-likeness (QED) is 0.127. The molecule has 0 fully saturated rings. The third-order valence-corrected chi connectivity index (χ3v) is 6.06. The molecular weight excluding hydrogens is 450 g/mol. The highest BCUT2D eigenvalue weighted by Crippen LogP contribution is 2.11. The van der Waals surface area contributed by atoms with Crippen LogP contribution >= 0.6 is 11.8 Å². The first kappa shape index (κ1) is 31.1. The number of carbonyl (C=O) groups excluding carboxylic acids is 3. The zero-order valence-corrected chi connectivity index (χ0v) is 20.8.